The lowest BCUT2D eigenvalue weighted by Crippen LogP contribution is -2.57. The predicted molar refractivity (Wildman–Crippen MR) is 181 cm³/mol. The number of hydrogen-bond donors (Lipinski definition) is 3. The second-order valence-corrected chi connectivity index (χ2v) is 16.7. The zero-order valence-corrected chi connectivity index (χ0v) is 29.7. The molecule has 4 N–H and O–H groups in total. The van der Waals surface area contributed by atoms with E-state index in [-0.39, 0.29) is 46.7 Å². The van der Waals surface area contributed by atoms with Crippen molar-refractivity contribution >= 4 is 49.8 Å². The molecule has 3 amide bonds. The van der Waals surface area contributed by atoms with E-state index in [1.807, 2.05) is 70.3 Å². The number of urea groups is 1. The lowest BCUT2D eigenvalue weighted by atomic mass is 9.97. The van der Waals surface area contributed by atoms with Gasteiger partial charge < -0.3 is 26.0 Å². The van der Waals surface area contributed by atoms with Gasteiger partial charge in [0.1, 0.15) is 6.04 Å². The summed E-state index contributed by atoms with van der Waals surface area (Å²) in [6.07, 6.45) is -1.01. The first kappa shape index (κ1) is 35.7. The van der Waals surface area contributed by atoms with E-state index in [1.54, 1.807) is 16.7 Å². The number of nitrogens with one attached hydrogen (secondary N) is 1. The number of aromatic nitrogens is 2. The molecule has 0 bridgehead atoms. The van der Waals surface area contributed by atoms with Gasteiger partial charge in [0.2, 0.25) is 5.91 Å². The first-order valence-corrected chi connectivity index (χ1v) is 18.5. The van der Waals surface area contributed by atoms with Crippen molar-refractivity contribution in [2.45, 2.75) is 76.9 Å². The average Bonchev–Trinajstić information content (AvgIpc) is 3.66. The van der Waals surface area contributed by atoms with Crippen LogP contribution < -0.4 is 11.1 Å². The number of amides is 3. The molecule has 1 fully saturated rings. The van der Waals surface area contributed by atoms with Crippen molar-refractivity contribution < 1.29 is 23.1 Å². The lowest BCUT2D eigenvalue weighted by molar-refractivity contribution is -0.128. The summed E-state index contributed by atoms with van der Waals surface area (Å²) in [5, 5.41) is 17.7. The van der Waals surface area contributed by atoms with Crippen LogP contribution in [0, 0.1) is 25.7 Å². The molecule has 2 aromatic heterocycles. The Bertz CT molecular complexity index is 1590. The van der Waals surface area contributed by atoms with E-state index in [2.05, 4.69) is 15.3 Å². The number of benzene rings is 1. The Morgan fingerprint density at radius 2 is 1.80 bits per heavy atom. The minimum absolute atomic E-state index is 0.0336. The van der Waals surface area contributed by atoms with Crippen molar-refractivity contribution in [2.75, 3.05) is 31.9 Å². The van der Waals surface area contributed by atoms with Crippen LogP contribution in [-0.4, -0.2) is 93.9 Å². The number of carbonyl (C=O) groups excluding carboxylic acids is 2. The van der Waals surface area contributed by atoms with Gasteiger partial charge in [-0.3, -0.25) is 4.79 Å². The molecule has 1 saturated heterocycles. The van der Waals surface area contributed by atoms with Crippen LogP contribution in [0.2, 0.25) is 0 Å². The molecule has 15 heteroatoms. The highest BCUT2D eigenvalue weighted by Crippen LogP contribution is 2.29. The minimum atomic E-state index is -4.04. The third kappa shape index (κ3) is 8.62. The summed E-state index contributed by atoms with van der Waals surface area (Å²) in [4.78, 5) is 39.4. The Balaban J connectivity index is 1.57. The monoisotopic (exact) mass is 691 g/mol. The fraction of sp³-hybridized carbons (Fsp3) is 0.548. The zero-order valence-electron chi connectivity index (χ0n) is 27.2. The van der Waals surface area contributed by atoms with Gasteiger partial charge in [0, 0.05) is 31.6 Å². The second-order valence-electron chi connectivity index (χ2n) is 12.5. The third-order valence-corrected chi connectivity index (χ3v) is 12.0. The number of thiazole rings is 2. The van der Waals surface area contributed by atoms with Crippen molar-refractivity contribution in [1.29, 1.82) is 0 Å². The molecule has 1 aliphatic rings. The quantitative estimate of drug-likeness (QED) is 0.218. The predicted octanol–water partition coefficient (Wildman–Crippen LogP) is 3.50. The largest absolute Gasteiger partial charge is 0.390 e. The van der Waals surface area contributed by atoms with Crippen molar-refractivity contribution in [3.05, 3.63) is 57.7 Å². The van der Waals surface area contributed by atoms with Crippen molar-refractivity contribution in [1.82, 2.24) is 29.4 Å². The van der Waals surface area contributed by atoms with E-state index in [0.717, 1.165) is 27.6 Å². The number of nitrogens with zero attached hydrogens (tertiary/aromatic N) is 5. The number of rotatable bonds is 15. The summed E-state index contributed by atoms with van der Waals surface area (Å²) in [6.45, 7) is 12.2. The maximum absolute atomic E-state index is 14.0. The Labute approximate surface area is 279 Å². The molecule has 0 radical (unpaired) electrons. The molecule has 3 aromatic rings. The summed E-state index contributed by atoms with van der Waals surface area (Å²) in [6, 6.07) is 7.50. The summed E-state index contributed by atoms with van der Waals surface area (Å²) in [5.41, 5.74) is 7.80. The highest BCUT2D eigenvalue weighted by molar-refractivity contribution is 7.91. The van der Waals surface area contributed by atoms with Crippen LogP contribution in [0.4, 0.5) is 9.93 Å². The van der Waals surface area contributed by atoms with E-state index in [4.69, 9.17) is 5.73 Å². The van der Waals surface area contributed by atoms with Gasteiger partial charge in [-0.05, 0) is 37.7 Å². The fourth-order valence-electron chi connectivity index (χ4n) is 5.68. The van der Waals surface area contributed by atoms with E-state index < -0.39 is 34.1 Å². The molecule has 3 atom stereocenters. The van der Waals surface area contributed by atoms with Gasteiger partial charge in [0.25, 0.3) is 10.0 Å². The Kier molecular flexibility index (Phi) is 11.8. The van der Waals surface area contributed by atoms with Crippen LogP contribution in [0.15, 0.2) is 39.9 Å². The van der Waals surface area contributed by atoms with Gasteiger partial charge >= 0.3 is 6.03 Å². The lowest BCUT2D eigenvalue weighted by Gasteiger charge is -2.34. The second kappa shape index (κ2) is 15.2. The highest BCUT2D eigenvalue weighted by Gasteiger charge is 2.41. The number of aliphatic hydroxyl groups excluding tert-OH is 1. The van der Waals surface area contributed by atoms with Gasteiger partial charge in [-0.25, -0.2) is 23.2 Å². The summed E-state index contributed by atoms with van der Waals surface area (Å²) < 4.78 is 28.9. The highest BCUT2D eigenvalue weighted by atomic mass is 32.2. The molecule has 0 saturated carbocycles. The maximum Gasteiger partial charge on any atom is 0.321 e. The number of sulfonamides is 1. The number of carbonyl (C=O) groups is 2. The fourth-order valence-corrected chi connectivity index (χ4v) is 9.34. The topological polar surface area (TPSA) is 162 Å². The van der Waals surface area contributed by atoms with Crippen LogP contribution in [0.25, 0.3) is 0 Å². The third-order valence-electron chi connectivity index (χ3n) is 7.78. The standard InChI is InChI=1S/C31H45N7O5S3/c1-19(2)15-37(46(42,43)29-21(5)33-30(32)45-29)17-26(39)25(14-23-10-8-7-9-11-23)35-28(40)27(20(3)4)38-13-12-36(31(38)41)16-24-18-44-22(6)34-24/h7-11,18-20,25-27,39H,12-17H2,1-6H3,(H2,32,33)(H,35,40)/t25-,26+,27?/m0/s1. The summed E-state index contributed by atoms with van der Waals surface area (Å²) >= 11 is 2.41. The molecule has 12 nitrogen and oxygen atoms in total. The normalized spacial score (nSPS) is 16.1. The molecule has 4 rings (SSSR count). The average molecular weight is 692 g/mol. The van der Waals surface area contributed by atoms with Crippen LogP contribution >= 0.6 is 22.7 Å². The van der Waals surface area contributed by atoms with Gasteiger partial charge in [-0.1, -0.05) is 69.4 Å². The van der Waals surface area contributed by atoms with Crippen LogP contribution in [0.3, 0.4) is 0 Å². The Morgan fingerprint density at radius 1 is 1.11 bits per heavy atom. The van der Waals surface area contributed by atoms with E-state index in [9.17, 15) is 23.1 Å². The summed E-state index contributed by atoms with van der Waals surface area (Å²) in [7, 11) is -4.04. The molecule has 1 aromatic carbocycles. The van der Waals surface area contributed by atoms with Gasteiger partial charge in [0.05, 0.1) is 35.1 Å². The number of aliphatic hydroxyl groups is 1. The Hall–Kier alpha value is -3.11. The molecular formula is C31H45N7O5S3. The molecule has 46 heavy (non-hydrogen) atoms. The maximum atomic E-state index is 14.0. The SMILES string of the molecule is Cc1nc(CN2CCN(C(C(=O)N[C@@H](Cc3ccccc3)[C@H](O)CN(CC(C)C)S(=O)(=O)c3sc(N)nc3C)C(C)C)C2=O)cs1. The number of nitrogen functional groups attached to an aromatic ring is 1. The van der Waals surface area contributed by atoms with Gasteiger partial charge in [-0.15, -0.1) is 11.3 Å². The van der Waals surface area contributed by atoms with Crippen molar-refractivity contribution in [3.8, 4) is 0 Å². The van der Waals surface area contributed by atoms with E-state index >= 15 is 0 Å². The molecule has 1 aliphatic heterocycles. The zero-order chi connectivity index (χ0) is 33.8. The molecular weight excluding hydrogens is 647 g/mol. The first-order chi connectivity index (χ1) is 21.7. The summed E-state index contributed by atoms with van der Waals surface area (Å²) in [5.74, 6) is -0.672. The van der Waals surface area contributed by atoms with E-state index in [1.165, 1.54) is 15.6 Å². The van der Waals surface area contributed by atoms with Crippen LogP contribution in [0.1, 0.15) is 49.7 Å². The van der Waals surface area contributed by atoms with Crippen LogP contribution in [-0.2, 0) is 27.8 Å². The number of anilines is 1. The van der Waals surface area contributed by atoms with Crippen molar-refractivity contribution in [2.24, 2.45) is 11.8 Å². The number of aryl methyl sites for hydroxylation is 2. The van der Waals surface area contributed by atoms with Gasteiger partial charge in [-0.2, -0.15) is 4.31 Å². The molecule has 252 valence electrons. The van der Waals surface area contributed by atoms with Crippen molar-refractivity contribution in [3.63, 3.8) is 0 Å². The smallest absolute Gasteiger partial charge is 0.321 e. The molecule has 0 aliphatic carbocycles. The van der Waals surface area contributed by atoms with Crippen LogP contribution in [0.5, 0.6) is 0 Å². The molecule has 1 unspecified atom stereocenters. The minimum Gasteiger partial charge on any atom is -0.390 e. The number of hydrogen-bond acceptors (Lipinski definition) is 10. The van der Waals surface area contributed by atoms with E-state index in [0.29, 0.717) is 25.3 Å². The molecule has 3 heterocycles. The number of nitrogens with two attached hydrogens (primary N) is 1. The molecule has 0 spiro atoms. The Morgan fingerprint density at radius 3 is 2.37 bits per heavy atom. The first-order valence-electron chi connectivity index (χ1n) is 15.4. The van der Waals surface area contributed by atoms with Gasteiger partial charge in [0.15, 0.2) is 9.34 Å².